The average molecular weight is 283 g/mol. The molecule has 1 atom stereocenters. The summed E-state index contributed by atoms with van der Waals surface area (Å²) in [6.07, 6.45) is -0.478. The van der Waals surface area contributed by atoms with Crippen LogP contribution < -0.4 is 0 Å². The fourth-order valence-corrected chi connectivity index (χ4v) is 2.22. The number of hydrogen-bond donors (Lipinski definition) is 1. The molecule has 19 heavy (non-hydrogen) atoms. The van der Waals surface area contributed by atoms with Crippen LogP contribution in [0.2, 0.25) is 5.02 Å². The van der Waals surface area contributed by atoms with Gasteiger partial charge in [-0.2, -0.15) is 0 Å². The van der Waals surface area contributed by atoms with Crippen LogP contribution in [0.15, 0.2) is 36.4 Å². The van der Waals surface area contributed by atoms with Gasteiger partial charge in [-0.1, -0.05) is 23.7 Å². The smallest absolute Gasteiger partial charge is 0.141 e. The Morgan fingerprint density at radius 1 is 1.16 bits per heavy atom. The minimum absolute atomic E-state index is 0.0283. The van der Waals surface area contributed by atoms with Crippen molar-refractivity contribution < 1.29 is 13.9 Å². The molecule has 2 rings (SSSR count). The van der Waals surface area contributed by atoms with Crippen LogP contribution in [0, 0.1) is 18.6 Å². The van der Waals surface area contributed by atoms with Crippen LogP contribution in [-0.2, 0) is 6.42 Å². The van der Waals surface area contributed by atoms with Crippen LogP contribution in [0.25, 0.3) is 0 Å². The Balaban J connectivity index is 2.20. The zero-order valence-electron chi connectivity index (χ0n) is 10.3. The predicted octanol–water partition coefficient (Wildman–Crippen LogP) is 4.20. The first-order chi connectivity index (χ1) is 8.97. The number of hydrogen-bond acceptors (Lipinski definition) is 1. The minimum atomic E-state index is -0.776. The van der Waals surface area contributed by atoms with Crippen LogP contribution in [0.1, 0.15) is 22.8 Å². The summed E-state index contributed by atoms with van der Waals surface area (Å²) in [5.74, 6) is -0.823. The third kappa shape index (κ3) is 3.31. The molecule has 0 radical (unpaired) electrons. The summed E-state index contributed by atoms with van der Waals surface area (Å²) in [4.78, 5) is 0. The molecule has 4 heteroatoms. The van der Waals surface area contributed by atoms with Crippen LogP contribution >= 0.6 is 11.6 Å². The van der Waals surface area contributed by atoms with Crippen LogP contribution in [0.3, 0.4) is 0 Å². The third-order valence-corrected chi connectivity index (χ3v) is 3.29. The molecule has 0 amide bonds. The van der Waals surface area contributed by atoms with Crippen molar-refractivity contribution in [2.45, 2.75) is 19.4 Å². The summed E-state index contributed by atoms with van der Waals surface area (Å²) in [5.41, 5.74) is 2.06. The van der Waals surface area contributed by atoms with Crippen LogP contribution in [-0.4, -0.2) is 5.11 Å². The van der Waals surface area contributed by atoms with E-state index in [9.17, 15) is 13.9 Å². The molecule has 0 aliphatic carbocycles. The molecule has 1 N–H and O–H groups in total. The SMILES string of the molecule is Cc1cc(F)ccc1C(O)Cc1ccc(F)c(Cl)c1. The molecule has 0 spiro atoms. The first-order valence-electron chi connectivity index (χ1n) is 5.85. The molecule has 0 aromatic heterocycles. The molecule has 0 saturated heterocycles. The third-order valence-electron chi connectivity index (χ3n) is 3.00. The number of aliphatic hydroxyl groups is 1. The highest BCUT2D eigenvalue weighted by Crippen LogP contribution is 2.24. The molecule has 0 aliphatic heterocycles. The number of rotatable bonds is 3. The first kappa shape index (κ1) is 14.0. The predicted molar refractivity (Wildman–Crippen MR) is 71.2 cm³/mol. The lowest BCUT2D eigenvalue weighted by Gasteiger charge is -2.14. The molecule has 0 aliphatic rings. The van der Waals surface area contributed by atoms with Gasteiger partial charge in [-0.25, -0.2) is 8.78 Å². The van der Waals surface area contributed by atoms with Crippen molar-refractivity contribution in [2.24, 2.45) is 0 Å². The van der Waals surface area contributed by atoms with Crippen molar-refractivity contribution in [1.82, 2.24) is 0 Å². The van der Waals surface area contributed by atoms with Gasteiger partial charge in [0.05, 0.1) is 11.1 Å². The second-order valence-corrected chi connectivity index (χ2v) is 4.88. The van der Waals surface area contributed by atoms with Crippen molar-refractivity contribution in [1.29, 1.82) is 0 Å². The van der Waals surface area contributed by atoms with Gasteiger partial charge in [-0.15, -0.1) is 0 Å². The van der Waals surface area contributed by atoms with Gasteiger partial charge in [-0.05, 0) is 47.9 Å². The maximum atomic E-state index is 13.0. The minimum Gasteiger partial charge on any atom is -0.388 e. The van der Waals surface area contributed by atoms with Gasteiger partial charge < -0.3 is 5.11 Å². The standard InChI is InChI=1S/C15H13ClF2O/c1-9-6-11(17)3-4-12(9)15(19)8-10-2-5-14(18)13(16)7-10/h2-7,15,19H,8H2,1H3. The Hall–Kier alpha value is -1.45. The fourth-order valence-electron chi connectivity index (χ4n) is 2.01. The van der Waals surface area contributed by atoms with Gasteiger partial charge in [-0.3, -0.25) is 0 Å². The van der Waals surface area contributed by atoms with E-state index in [1.165, 1.54) is 24.3 Å². The Kier molecular flexibility index (Phi) is 4.17. The highest BCUT2D eigenvalue weighted by molar-refractivity contribution is 6.30. The van der Waals surface area contributed by atoms with Crippen LogP contribution in [0.5, 0.6) is 0 Å². The summed E-state index contributed by atoms with van der Waals surface area (Å²) in [6.45, 7) is 1.74. The molecule has 1 nitrogen and oxygen atoms in total. The second kappa shape index (κ2) is 5.68. The molecule has 0 saturated carbocycles. The Morgan fingerprint density at radius 2 is 1.89 bits per heavy atom. The number of aliphatic hydroxyl groups excluding tert-OH is 1. The summed E-state index contributed by atoms with van der Waals surface area (Å²) >= 11 is 5.69. The van der Waals surface area contributed by atoms with E-state index in [2.05, 4.69) is 0 Å². The summed E-state index contributed by atoms with van der Waals surface area (Å²) < 4.78 is 26.0. The van der Waals surface area contributed by atoms with Crippen molar-refractivity contribution in [3.63, 3.8) is 0 Å². The van der Waals surface area contributed by atoms with E-state index in [0.29, 0.717) is 17.5 Å². The number of aryl methyl sites for hydroxylation is 1. The maximum absolute atomic E-state index is 13.0. The van der Waals surface area contributed by atoms with Crippen molar-refractivity contribution in [3.05, 3.63) is 69.7 Å². The van der Waals surface area contributed by atoms with Crippen molar-refractivity contribution in [2.75, 3.05) is 0 Å². The van der Waals surface area contributed by atoms with Crippen molar-refractivity contribution >= 4 is 11.6 Å². The summed E-state index contributed by atoms with van der Waals surface area (Å²) in [7, 11) is 0. The van der Waals surface area contributed by atoms with Crippen LogP contribution in [0.4, 0.5) is 8.78 Å². The molecule has 100 valence electrons. The van der Waals surface area contributed by atoms with Gasteiger partial charge in [0.1, 0.15) is 11.6 Å². The normalized spacial score (nSPS) is 12.5. The molecule has 0 fully saturated rings. The molecule has 0 heterocycles. The highest BCUT2D eigenvalue weighted by Gasteiger charge is 2.12. The van der Waals surface area contributed by atoms with E-state index in [-0.39, 0.29) is 10.8 Å². The molecular formula is C15H13ClF2O. The van der Waals surface area contributed by atoms with Crippen molar-refractivity contribution in [3.8, 4) is 0 Å². The quantitative estimate of drug-likeness (QED) is 0.894. The first-order valence-corrected chi connectivity index (χ1v) is 6.23. The summed E-state index contributed by atoms with van der Waals surface area (Å²) in [6, 6.07) is 8.56. The van der Waals surface area contributed by atoms with Gasteiger partial charge >= 0.3 is 0 Å². The Bertz CT molecular complexity index is 599. The Morgan fingerprint density at radius 3 is 2.53 bits per heavy atom. The lowest BCUT2D eigenvalue weighted by molar-refractivity contribution is 0.177. The van der Waals surface area contributed by atoms with E-state index < -0.39 is 11.9 Å². The zero-order valence-corrected chi connectivity index (χ0v) is 11.1. The average Bonchev–Trinajstić information content (AvgIpc) is 2.33. The van der Waals surface area contributed by atoms with E-state index in [1.807, 2.05) is 0 Å². The second-order valence-electron chi connectivity index (χ2n) is 4.47. The van der Waals surface area contributed by atoms with E-state index >= 15 is 0 Å². The van der Waals surface area contributed by atoms with E-state index in [4.69, 9.17) is 11.6 Å². The van der Waals surface area contributed by atoms with Gasteiger partial charge in [0.15, 0.2) is 0 Å². The monoisotopic (exact) mass is 282 g/mol. The van der Waals surface area contributed by atoms with Gasteiger partial charge in [0, 0.05) is 6.42 Å². The molecular weight excluding hydrogens is 270 g/mol. The fraction of sp³-hybridized carbons (Fsp3) is 0.200. The molecule has 1 unspecified atom stereocenters. The van der Waals surface area contributed by atoms with Gasteiger partial charge in [0.25, 0.3) is 0 Å². The zero-order chi connectivity index (χ0) is 14.0. The molecule has 2 aromatic carbocycles. The maximum Gasteiger partial charge on any atom is 0.141 e. The highest BCUT2D eigenvalue weighted by atomic mass is 35.5. The lowest BCUT2D eigenvalue weighted by Crippen LogP contribution is -2.04. The molecule has 2 aromatic rings. The van der Waals surface area contributed by atoms with E-state index in [1.54, 1.807) is 19.1 Å². The lowest BCUT2D eigenvalue weighted by atomic mass is 9.97. The van der Waals surface area contributed by atoms with E-state index in [0.717, 1.165) is 5.56 Å². The Labute approximate surface area is 115 Å². The molecule has 0 bridgehead atoms. The largest absolute Gasteiger partial charge is 0.388 e. The summed E-state index contributed by atoms with van der Waals surface area (Å²) in [5, 5.41) is 10.2. The number of benzene rings is 2. The number of halogens is 3. The van der Waals surface area contributed by atoms with Gasteiger partial charge in [0.2, 0.25) is 0 Å². The topological polar surface area (TPSA) is 20.2 Å².